The second-order valence-electron chi connectivity index (χ2n) is 12.3. The summed E-state index contributed by atoms with van der Waals surface area (Å²) in [5.74, 6) is 0. The van der Waals surface area contributed by atoms with Crippen LogP contribution >= 0.6 is 0 Å². The third kappa shape index (κ3) is 4.31. The van der Waals surface area contributed by atoms with Crippen LogP contribution in [0.25, 0.3) is 82.1 Å². The molecule has 0 fully saturated rings. The average molecular weight is 636 g/mol. The Morgan fingerprint density at radius 2 is 1.12 bits per heavy atom. The number of benzene rings is 7. The third-order valence-corrected chi connectivity index (χ3v) is 9.60. The molecule has 0 saturated heterocycles. The Kier molecular flexibility index (Phi) is 6.56. The highest BCUT2D eigenvalue weighted by Gasteiger charge is 2.20. The van der Waals surface area contributed by atoms with Crippen LogP contribution in [0.1, 0.15) is 11.1 Å². The Balaban J connectivity index is 1.29. The Morgan fingerprint density at radius 1 is 0.480 bits per heavy atom. The molecular weight excluding hydrogens is 611 g/mol. The van der Waals surface area contributed by atoms with Gasteiger partial charge < -0.3 is 9.13 Å². The molecule has 0 aliphatic carbocycles. The van der Waals surface area contributed by atoms with Gasteiger partial charge in [0.25, 0.3) is 0 Å². The number of nitriles is 2. The van der Waals surface area contributed by atoms with Gasteiger partial charge in [0.05, 0.1) is 52.1 Å². The number of fused-ring (bicyclic) bond motifs is 6. The summed E-state index contributed by atoms with van der Waals surface area (Å²) in [6.45, 7) is 7.91. The van der Waals surface area contributed by atoms with E-state index < -0.39 is 0 Å². The zero-order valence-corrected chi connectivity index (χ0v) is 26.7. The summed E-state index contributed by atoms with van der Waals surface area (Å²) in [6, 6.07) is 55.6. The Morgan fingerprint density at radius 3 is 1.92 bits per heavy atom. The van der Waals surface area contributed by atoms with Crippen molar-refractivity contribution in [3.05, 3.63) is 174 Å². The van der Waals surface area contributed by atoms with Gasteiger partial charge in [0.2, 0.25) is 0 Å². The fraction of sp³-hybridized carbons (Fsp3) is 0. The van der Waals surface area contributed by atoms with Gasteiger partial charge in [-0.15, -0.1) is 0 Å². The topological polar surface area (TPSA) is 61.8 Å². The molecule has 0 unspecified atom stereocenters. The van der Waals surface area contributed by atoms with E-state index in [2.05, 4.69) is 92.8 Å². The van der Waals surface area contributed by atoms with Crippen LogP contribution < -0.4 is 0 Å². The molecule has 5 nitrogen and oxygen atoms in total. The molecule has 0 bridgehead atoms. The maximum Gasteiger partial charge on any atom is 0.197 e. The molecule has 0 saturated carbocycles. The van der Waals surface area contributed by atoms with Crippen LogP contribution in [0.3, 0.4) is 0 Å². The van der Waals surface area contributed by atoms with Crippen molar-refractivity contribution in [1.82, 2.24) is 9.13 Å². The molecule has 0 N–H and O–H groups in total. The van der Waals surface area contributed by atoms with E-state index in [-0.39, 0.29) is 0 Å². The van der Waals surface area contributed by atoms with Crippen LogP contribution in [0.5, 0.6) is 0 Å². The largest absolute Gasteiger partial charge is 0.310 e. The van der Waals surface area contributed by atoms with Gasteiger partial charge in [-0.25, -0.2) is 4.85 Å². The van der Waals surface area contributed by atoms with Gasteiger partial charge in [0.1, 0.15) is 0 Å². The number of hydrogen-bond acceptors (Lipinski definition) is 2. The second-order valence-corrected chi connectivity index (χ2v) is 12.3. The molecule has 7 aromatic carbocycles. The van der Waals surface area contributed by atoms with Gasteiger partial charge in [0.15, 0.2) is 5.69 Å². The lowest BCUT2D eigenvalue weighted by Crippen LogP contribution is -1.99. The molecule has 0 radical (unpaired) electrons. The Labute approximate surface area is 288 Å². The minimum atomic E-state index is 0.567. The summed E-state index contributed by atoms with van der Waals surface area (Å²) >= 11 is 0. The van der Waals surface area contributed by atoms with Crippen LogP contribution in [0.15, 0.2) is 152 Å². The van der Waals surface area contributed by atoms with E-state index >= 15 is 0 Å². The van der Waals surface area contributed by atoms with E-state index in [1.807, 2.05) is 84.9 Å². The molecule has 5 heteroatoms. The predicted octanol–water partition coefficient (Wildman–Crippen LogP) is 11.5. The second kappa shape index (κ2) is 11.4. The molecule has 0 amide bonds. The summed E-state index contributed by atoms with van der Waals surface area (Å²) in [6.07, 6.45) is 0. The maximum absolute atomic E-state index is 10.1. The van der Waals surface area contributed by atoms with Crippen LogP contribution in [0, 0.1) is 29.2 Å². The zero-order chi connectivity index (χ0) is 33.8. The molecule has 9 rings (SSSR count). The minimum absolute atomic E-state index is 0.567. The highest BCUT2D eigenvalue weighted by Crippen LogP contribution is 2.43. The summed E-state index contributed by atoms with van der Waals surface area (Å²) in [4.78, 5) is 3.87. The zero-order valence-electron chi connectivity index (χ0n) is 26.7. The summed E-state index contributed by atoms with van der Waals surface area (Å²) < 4.78 is 4.48. The van der Waals surface area contributed by atoms with E-state index in [4.69, 9.17) is 6.57 Å². The highest BCUT2D eigenvalue weighted by molar-refractivity contribution is 6.15. The van der Waals surface area contributed by atoms with Crippen LogP contribution in [-0.4, -0.2) is 9.13 Å². The van der Waals surface area contributed by atoms with Crippen LogP contribution in [-0.2, 0) is 0 Å². The van der Waals surface area contributed by atoms with Gasteiger partial charge in [-0.2, -0.15) is 10.5 Å². The number of aromatic nitrogens is 2. The minimum Gasteiger partial charge on any atom is -0.310 e. The molecule has 0 spiro atoms. The van der Waals surface area contributed by atoms with E-state index in [9.17, 15) is 10.5 Å². The van der Waals surface area contributed by atoms with Gasteiger partial charge in [-0.05, 0) is 88.8 Å². The van der Waals surface area contributed by atoms with Gasteiger partial charge in [-0.1, -0.05) is 84.9 Å². The van der Waals surface area contributed by atoms with Gasteiger partial charge in [0, 0.05) is 32.9 Å². The fourth-order valence-electron chi connectivity index (χ4n) is 7.47. The number of nitrogens with zero attached hydrogens (tertiary/aromatic N) is 5. The summed E-state index contributed by atoms with van der Waals surface area (Å²) in [5.41, 5.74) is 11.7. The van der Waals surface area contributed by atoms with Crippen molar-refractivity contribution < 1.29 is 0 Å². The van der Waals surface area contributed by atoms with Crippen molar-refractivity contribution in [2.45, 2.75) is 0 Å². The van der Waals surface area contributed by atoms with Crippen molar-refractivity contribution in [1.29, 1.82) is 10.5 Å². The smallest absolute Gasteiger partial charge is 0.197 e. The first-order valence-electron chi connectivity index (χ1n) is 16.3. The van der Waals surface area contributed by atoms with Crippen molar-refractivity contribution in [2.24, 2.45) is 0 Å². The van der Waals surface area contributed by atoms with Gasteiger partial charge in [-0.3, -0.25) is 0 Å². The monoisotopic (exact) mass is 635 g/mol. The highest BCUT2D eigenvalue weighted by atomic mass is 15.0. The van der Waals surface area contributed by atoms with Crippen LogP contribution in [0.4, 0.5) is 5.69 Å². The first-order chi connectivity index (χ1) is 24.7. The standard InChI is InChI=1S/C45H25N5/c1-48-39-16-9-19-44-45(39)36-15-5-7-18-41(36)50(44)43-23-21-29(27-46)24-37(43)34-13-3-2-12-33(34)31-10-8-11-32(26-31)49-40-17-6-4-14-35(40)38-25-30(28-47)20-22-42(38)49/h2-26H. The van der Waals surface area contributed by atoms with E-state index in [0.29, 0.717) is 16.8 Å². The van der Waals surface area contributed by atoms with Crippen molar-refractivity contribution in [2.75, 3.05) is 0 Å². The number of hydrogen-bond donors (Lipinski definition) is 0. The molecule has 50 heavy (non-hydrogen) atoms. The summed E-state index contributed by atoms with van der Waals surface area (Å²) in [5, 5.41) is 23.8. The van der Waals surface area contributed by atoms with Crippen molar-refractivity contribution in [3.8, 4) is 45.8 Å². The SMILES string of the molecule is [C-]#[N+]c1cccc2c1c1ccccc1n2-c1ccc(C#N)cc1-c1ccccc1-c1cccc(-n2c3ccccc3c3cc(C#N)ccc32)c1. The quantitative estimate of drug-likeness (QED) is 0.181. The number of rotatable bonds is 4. The lowest BCUT2D eigenvalue weighted by atomic mass is 9.92. The van der Waals surface area contributed by atoms with Crippen LogP contribution in [0.2, 0.25) is 0 Å². The van der Waals surface area contributed by atoms with Crippen molar-refractivity contribution in [3.63, 3.8) is 0 Å². The number of para-hydroxylation sites is 2. The summed E-state index contributed by atoms with van der Waals surface area (Å²) in [7, 11) is 0. The van der Waals surface area contributed by atoms with E-state index in [0.717, 1.165) is 77.2 Å². The average Bonchev–Trinajstić information content (AvgIpc) is 3.70. The third-order valence-electron chi connectivity index (χ3n) is 9.60. The first-order valence-corrected chi connectivity index (χ1v) is 16.3. The predicted molar refractivity (Wildman–Crippen MR) is 202 cm³/mol. The molecule has 9 aromatic rings. The molecule has 0 atom stereocenters. The fourth-order valence-corrected chi connectivity index (χ4v) is 7.47. The lowest BCUT2D eigenvalue weighted by molar-refractivity contribution is 1.18. The molecule has 0 aliphatic heterocycles. The van der Waals surface area contributed by atoms with Gasteiger partial charge >= 0.3 is 0 Å². The molecular formula is C45H25N5. The molecule has 0 aliphatic rings. The normalized spacial score (nSPS) is 11.1. The Hall–Kier alpha value is -7.39. The molecule has 230 valence electrons. The lowest BCUT2D eigenvalue weighted by Gasteiger charge is -2.18. The maximum atomic E-state index is 10.1. The molecule has 2 heterocycles. The Bertz CT molecular complexity index is 2970. The van der Waals surface area contributed by atoms with E-state index in [1.54, 1.807) is 0 Å². The first kappa shape index (κ1) is 28.8. The molecule has 2 aromatic heterocycles. The van der Waals surface area contributed by atoms with E-state index in [1.165, 1.54) is 0 Å². The van der Waals surface area contributed by atoms with Crippen molar-refractivity contribution >= 4 is 49.3 Å².